The molecule has 4 heteroatoms. The first-order chi connectivity index (χ1) is 14.1. The van der Waals surface area contributed by atoms with Crippen LogP contribution in [0.5, 0.6) is 0 Å². The van der Waals surface area contributed by atoms with E-state index in [1.807, 2.05) is 72.8 Å². The van der Waals surface area contributed by atoms with Gasteiger partial charge in [0.05, 0.1) is 9.79 Å². The van der Waals surface area contributed by atoms with Crippen molar-refractivity contribution in [1.29, 1.82) is 0 Å². The number of fused-ring (bicyclic) bond motifs is 6. The standard InChI is InChI=1S/C13H8O.C12H8O2S/c14-13-11-7-3-1-5-9(11)10-6-2-4-8-12(10)13;13-15(14)11-7-3-1-5-9(11)10-6-2-4-8-12(10)15/h1-8H;1-8H. The van der Waals surface area contributed by atoms with Crippen molar-refractivity contribution in [1.82, 2.24) is 0 Å². The van der Waals surface area contributed by atoms with Crippen molar-refractivity contribution in [3.63, 3.8) is 0 Å². The van der Waals surface area contributed by atoms with Crippen LogP contribution in [-0.2, 0) is 9.84 Å². The number of rotatable bonds is 0. The Morgan fingerprint density at radius 2 is 0.724 bits per heavy atom. The highest BCUT2D eigenvalue weighted by Gasteiger charge is 2.31. The van der Waals surface area contributed by atoms with Gasteiger partial charge in [-0.25, -0.2) is 8.42 Å². The van der Waals surface area contributed by atoms with E-state index in [1.165, 1.54) is 0 Å². The Labute approximate surface area is 169 Å². The van der Waals surface area contributed by atoms with E-state index < -0.39 is 9.84 Å². The summed E-state index contributed by atoms with van der Waals surface area (Å²) >= 11 is 0. The minimum atomic E-state index is -3.26. The van der Waals surface area contributed by atoms with Crippen LogP contribution in [0.1, 0.15) is 15.9 Å². The average Bonchev–Trinajstić information content (AvgIpc) is 3.19. The summed E-state index contributed by atoms with van der Waals surface area (Å²) in [5.74, 6) is 0.149. The third kappa shape index (κ3) is 2.64. The molecule has 1 aliphatic heterocycles. The van der Waals surface area contributed by atoms with Gasteiger partial charge >= 0.3 is 0 Å². The van der Waals surface area contributed by atoms with Gasteiger partial charge in [-0.15, -0.1) is 0 Å². The van der Waals surface area contributed by atoms with Crippen molar-refractivity contribution in [2.75, 3.05) is 0 Å². The first-order valence-electron chi connectivity index (χ1n) is 9.26. The molecule has 0 unspecified atom stereocenters. The first kappa shape index (κ1) is 17.6. The zero-order valence-corrected chi connectivity index (χ0v) is 16.2. The largest absolute Gasteiger partial charge is 0.289 e. The molecular weight excluding hydrogens is 380 g/mol. The van der Waals surface area contributed by atoms with Crippen LogP contribution < -0.4 is 0 Å². The fourth-order valence-electron chi connectivity index (χ4n) is 3.94. The van der Waals surface area contributed by atoms with Gasteiger partial charge in [0.1, 0.15) is 0 Å². The van der Waals surface area contributed by atoms with Crippen LogP contribution >= 0.6 is 0 Å². The zero-order chi connectivity index (χ0) is 20.0. The molecule has 0 aromatic heterocycles. The van der Waals surface area contributed by atoms with Crippen LogP contribution in [0.4, 0.5) is 0 Å². The van der Waals surface area contributed by atoms with Gasteiger partial charge in [0, 0.05) is 22.3 Å². The molecule has 2 aliphatic rings. The lowest BCUT2D eigenvalue weighted by Gasteiger charge is -1.96. The molecule has 0 spiro atoms. The Balaban J connectivity index is 0.000000125. The van der Waals surface area contributed by atoms with Gasteiger partial charge < -0.3 is 0 Å². The van der Waals surface area contributed by atoms with Crippen molar-refractivity contribution in [3.05, 3.63) is 108 Å². The second kappa shape index (κ2) is 6.54. The van der Waals surface area contributed by atoms with E-state index in [2.05, 4.69) is 0 Å². The second-order valence-corrected chi connectivity index (χ2v) is 8.80. The minimum absolute atomic E-state index is 0.149. The topological polar surface area (TPSA) is 51.2 Å². The number of carbonyl (C=O) groups is 1. The van der Waals surface area contributed by atoms with Crippen molar-refractivity contribution in [3.8, 4) is 22.3 Å². The Kier molecular flexibility index (Phi) is 3.96. The lowest BCUT2D eigenvalue weighted by Crippen LogP contribution is -1.95. The molecule has 1 aliphatic carbocycles. The molecule has 0 saturated carbocycles. The fourth-order valence-corrected chi connectivity index (χ4v) is 5.63. The highest BCUT2D eigenvalue weighted by molar-refractivity contribution is 7.92. The van der Waals surface area contributed by atoms with E-state index in [1.54, 1.807) is 24.3 Å². The Morgan fingerprint density at radius 3 is 1.14 bits per heavy atom. The minimum Gasteiger partial charge on any atom is -0.289 e. The number of hydrogen-bond donors (Lipinski definition) is 0. The molecule has 0 bridgehead atoms. The molecule has 1 heterocycles. The molecule has 3 nitrogen and oxygen atoms in total. The van der Waals surface area contributed by atoms with Gasteiger partial charge in [-0.2, -0.15) is 0 Å². The molecule has 0 radical (unpaired) electrons. The third-order valence-electron chi connectivity index (χ3n) is 5.28. The average molecular weight is 396 g/mol. The lowest BCUT2D eigenvalue weighted by atomic mass is 10.1. The summed E-state index contributed by atoms with van der Waals surface area (Å²) in [7, 11) is -3.26. The zero-order valence-electron chi connectivity index (χ0n) is 15.4. The number of benzene rings is 4. The van der Waals surface area contributed by atoms with Crippen LogP contribution in [0.25, 0.3) is 22.3 Å². The Bertz CT molecular complexity index is 1290. The Morgan fingerprint density at radius 1 is 0.414 bits per heavy atom. The van der Waals surface area contributed by atoms with Crippen LogP contribution in [0, 0.1) is 0 Å². The number of carbonyl (C=O) groups excluding carboxylic acids is 1. The van der Waals surface area contributed by atoms with Gasteiger partial charge in [-0.1, -0.05) is 84.9 Å². The molecule has 29 heavy (non-hydrogen) atoms. The molecule has 140 valence electrons. The normalized spacial score (nSPS) is 14.1. The molecule has 4 aromatic carbocycles. The summed E-state index contributed by atoms with van der Waals surface area (Å²) in [6.07, 6.45) is 0. The second-order valence-electron chi connectivity index (χ2n) is 6.92. The maximum Gasteiger partial charge on any atom is 0.207 e. The molecule has 0 saturated heterocycles. The molecule has 0 N–H and O–H groups in total. The summed E-state index contributed by atoms with van der Waals surface area (Å²) in [6.45, 7) is 0. The van der Waals surface area contributed by atoms with E-state index >= 15 is 0 Å². The predicted octanol–water partition coefficient (Wildman–Crippen LogP) is 5.40. The lowest BCUT2D eigenvalue weighted by molar-refractivity contribution is 0.104. The molecule has 0 atom stereocenters. The van der Waals surface area contributed by atoms with E-state index in [4.69, 9.17) is 0 Å². The summed E-state index contributed by atoms with van der Waals surface area (Å²) in [4.78, 5) is 12.7. The van der Waals surface area contributed by atoms with Gasteiger partial charge in [-0.05, 0) is 23.3 Å². The SMILES string of the molecule is O=C1c2ccccc2-c2ccccc21.O=S1(=O)c2ccccc2-c2ccccc21. The monoisotopic (exact) mass is 396 g/mol. The summed E-state index contributed by atoms with van der Waals surface area (Å²) in [5.41, 5.74) is 5.41. The van der Waals surface area contributed by atoms with Gasteiger partial charge in [0.2, 0.25) is 9.84 Å². The van der Waals surface area contributed by atoms with Crippen molar-refractivity contribution >= 4 is 15.6 Å². The van der Waals surface area contributed by atoms with E-state index in [-0.39, 0.29) is 5.78 Å². The maximum absolute atomic E-state index is 12.1. The Hall–Kier alpha value is -3.50. The molecule has 0 fully saturated rings. The molecule has 4 aromatic rings. The molecular formula is C25H16O3S. The van der Waals surface area contributed by atoms with Crippen LogP contribution in [0.15, 0.2) is 107 Å². The van der Waals surface area contributed by atoms with Crippen LogP contribution in [0.3, 0.4) is 0 Å². The fraction of sp³-hybridized carbons (Fsp3) is 0. The molecule has 6 rings (SSSR count). The molecule has 0 amide bonds. The first-order valence-corrected chi connectivity index (χ1v) is 10.7. The van der Waals surface area contributed by atoms with Crippen molar-refractivity contribution < 1.29 is 13.2 Å². The summed E-state index contributed by atoms with van der Waals surface area (Å²) < 4.78 is 24.2. The highest BCUT2D eigenvalue weighted by Crippen LogP contribution is 2.42. The summed E-state index contributed by atoms with van der Waals surface area (Å²) in [5, 5.41) is 0. The smallest absolute Gasteiger partial charge is 0.207 e. The number of ketones is 1. The summed E-state index contributed by atoms with van der Waals surface area (Å²) in [6, 6.07) is 29.7. The third-order valence-corrected chi connectivity index (χ3v) is 7.15. The van der Waals surface area contributed by atoms with Crippen LogP contribution in [0.2, 0.25) is 0 Å². The van der Waals surface area contributed by atoms with Crippen LogP contribution in [-0.4, -0.2) is 14.2 Å². The van der Waals surface area contributed by atoms with Gasteiger partial charge in [0.15, 0.2) is 5.78 Å². The maximum atomic E-state index is 12.1. The van der Waals surface area contributed by atoms with E-state index in [0.717, 1.165) is 33.4 Å². The van der Waals surface area contributed by atoms with Gasteiger partial charge in [-0.3, -0.25) is 4.79 Å². The highest BCUT2D eigenvalue weighted by atomic mass is 32.2. The number of sulfone groups is 1. The van der Waals surface area contributed by atoms with E-state index in [0.29, 0.717) is 9.79 Å². The predicted molar refractivity (Wildman–Crippen MR) is 113 cm³/mol. The van der Waals surface area contributed by atoms with Crippen molar-refractivity contribution in [2.45, 2.75) is 9.79 Å². The number of hydrogen-bond acceptors (Lipinski definition) is 3. The quantitative estimate of drug-likeness (QED) is 0.345. The van der Waals surface area contributed by atoms with Crippen molar-refractivity contribution in [2.24, 2.45) is 0 Å². The van der Waals surface area contributed by atoms with E-state index in [9.17, 15) is 13.2 Å². The van der Waals surface area contributed by atoms with Gasteiger partial charge in [0.25, 0.3) is 0 Å².